The third-order valence-corrected chi connectivity index (χ3v) is 7.71. The molecule has 3 aromatic rings. The highest BCUT2D eigenvalue weighted by molar-refractivity contribution is 6.23. The van der Waals surface area contributed by atoms with E-state index in [0.29, 0.717) is 38.0 Å². The Hall–Kier alpha value is -4.15. The summed E-state index contributed by atoms with van der Waals surface area (Å²) in [5.74, 6) is -2.18. The van der Waals surface area contributed by atoms with Gasteiger partial charge in [0.05, 0.1) is 28.1 Å². The summed E-state index contributed by atoms with van der Waals surface area (Å²) in [5.41, 5.74) is 1.76. The highest BCUT2D eigenvalue weighted by atomic mass is 16.3. The van der Waals surface area contributed by atoms with Crippen LogP contribution < -0.4 is 5.32 Å². The summed E-state index contributed by atoms with van der Waals surface area (Å²) in [5, 5.41) is 18.4. The minimum absolute atomic E-state index is 0.0673. The zero-order valence-electron chi connectivity index (χ0n) is 20.7. The molecular formula is C28H27N5O5. The van der Waals surface area contributed by atoms with Crippen LogP contribution in [0.3, 0.4) is 0 Å². The van der Waals surface area contributed by atoms with Crippen molar-refractivity contribution >= 4 is 23.6 Å². The molecule has 6 rings (SSSR count). The van der Waals surface area contributed by atoms with Crippen molar-refractivity contribution in [2.75, 3.05) is 13.1 Å². The van der Waals surface area contributed by atoms with Crippen molar-refractivity contribution in [3.05, 3.63) is 83.2 Å². The molecule has 2 saturated heterocycles. The van der Waals surface area contributed by atoms with Crippen LogP contribution in [0.5, 0.6) is 0 Å². The minimum Gasteiger partial charge on any atom is -0.385 e. The van der Waals surface area contributed by atoms with Crippen LogP contribution in [0.15, 0.2) is 60.8 Å². The molecule has 10 nitrogen and oxygen atoms in total. The number of likely N-dealkylation sites (tertiary alicyclic amines) is 1. The van der Waals surface area contributed by atoms with E-state index in [2.05, 4.69) is 15.3 Å². The maximum atomic E-state index is 13.2. The molecule has 0 spiro atoms. The van der Waals surface area contributed by atoms with Crippen LogP contribution in [0.25, 0.3) is 5.69 Å². The number of benzene rings is 2. The second kappa shape index (κ2) is 9.30. The first-order chi connectivity index (χ1) is 18.3. The van der Waals surface area contributed by atoms with Gasteiger partial charge in [0.25, 0.3) is 11.8 Å². The van der Waals surface area contributed by atoms with Gasteiger partial charge in [0, 0.05) is 32.3 Å². The van der Waals surface area contributed by atoms with Crippen LogP contribution >= 0.6 is 0 Å². The van der Waals surface area contributed by atoms with E-state index in [1.54, 1.807) is 18.2 Å². The lowest BCUT2D eigenvalue weighted by atomic mass is 9.83. The molecule has 1 atom stereocenters. The summed E-state index contributed by atoms with van der Waals surface area (Å²) >= 11 is 0. The van der Waals surface area contributed by atoms with Crippen molar-refractivity contribution in [1.82, 2.24) is 24.9 Å². The molecule has 2 N–H and O–H groups in total. The first kappa shape index (κ1) is 24.2. The van der Waals surface area contributed by atoms with Crippen molar-refractivity contribution in [2.45, 2.75) is 43.9 Å². The Kier molecular flexibility index (Phi) is 5.93. The summed E-state index contributed by atoms with van der Waals surface area (Å²) in [4.78, 5) is 53.1. The van der Waals surface area contributed by atoms with Gasteiger partial charge in [-0.15, -0.1) is 0 Å². The van der Waals surface area contributed by atoms with E-state index < -0.39 is 35.3 Å². The number of amides is 4. The van der Waals surface area contributed by atoms with Crippen molar-refractivity contribution in [3.63, 3.8) is 0 Å². The quantitative estimate of drug-likeness (QED) is 0.498. The standard InChI is InChI=1S/C28H27N5O5/c34-24-9-8-23(25(35)29-24)33-26(36)21-7-6-18(16-22(21)27(33)37)28(38)11-14-31(15-12-28)17-19-10-13-32(30-19)20-4-2-1-3-5-20/h1-7,10,13,16,23,38H,8-9,11-12,14-15,17H2,(H,29,34,35). The molecule has 0 saturated carbocycles. The number of hydrogen-bond donors (Lipinski definition) is 2. The zero-order chi connectivity index (χ0) is 26.4. The van der Waals surface area contributed by atoms with E-state index in [0.717, 1.165) is 16.3 Å². The van der Waals surface area contributed by atoms with Gasteiger partial charge in [0.1, 0.15) is 6.04 Å². The van der Waals surface area contributed by atoms with Gasteiger partial charge in [-0.05, 0) is 55.2 Å². The van der Waals surface area contributed by atoms with Crippen molar-refractivity contribution < 1.29 is 24.3 Å². The highest BCUT2D eigenvalue weighted by Crippen LogP contribution is 2.36. The molecule has 0 bridgehead atoms. The van der Waals surface area contributed by atoms with Gasteiger partial charge in [-0.2, -0.15) is 5.10 Å². The molecule has 1 aromatic heterocycles. The molecule has 10 heteroatoms. The third kappa shape index (κ3) is 4.21. The summed E-state index contributed by atoms with van der Waals surface area (Å²) in [6.45, 7) is 1.94. The van der Waals surface area contributed by atoms with Crippen LogP contribution in [0.4, 0.5) is 0 Å². The first-order valence-corrected chi connectivity index (χ1v) is 12.7. The molecule has 0 radical (unpaired) electrons. The first-order valence-electron chi connectivity index (χ1n) is 12.7. The molecular weight excluding hydrogens is 486 g/mol. The van der Waals surface area contributed by atoms with Crippen molar-refractivity contribution in [3.8, 4) is 5.69 Å². The number of piperidine rings is 2. The fourth-order valence-corrected chi connectivity index (χ4v) is 5.53. The maximum absolute atomic E-state index is 13.2. The highest BCUT2D eigenvalue weighted by Gasteiger charge is 2.45. The van der Waals surface area contributed by atoms with Gasteiger partial charge in [-0.25, -0.2) is 4.68 Å². The number of imide groups is 2. The molecule has 3 aliphatic rings. The summed E-state index contributed by atoms with van der Waals surface area (Å²) in [6, 6.07) is 15.7. The molecule has 0 aliphatic carbocycles. The number of hydrogen-bond acceptors (Lipinski definition) is 7. The summed E-state index contributed by atoms with van der Waals surface area (Å²) in [6.07, 6.45) is 3.03. The second-order valence-corrected chi connectivity index (χ2v) is 10.1. The smallest absolute Gasteiger partial charge is 0.262 e. The number of carbonyl (C=O) groups excluding carboxylic acids is 4. The van der Waals surface area contributed by atoms with Gasteiger partial charge >= 0.3 is 0 Å². The lowest BCUT2D eigenvalue weighted by molar-refractivity contribution is -0.136. The van der Waals surface area contributed by atoms with Gasteiger partial charge in [-0.3, -0.25) is 34.3 Å². The van der Waals surface area contributed by atoms with Gasteiger partial charge in [0.2, 0.25) is 11.8 Å². The number of fused-ring (bicyclic) bond motifs is 1. The Bertz CT molecular complexity index is 1440. The fourth-order valence-electron chi connectivity index (χ4n) is 5.53. The summed E-state index contributed by atoms with van der Waals surface area (Å²) < 4.78 is 1.84. The predicted octanol–water partition coefficient (Wildman–Crippen LogP) is 1.76. The number of aromatic nitrogens is 2. The zero-order valence-corrected chi connectivity index (χ0v) is 20.7. The van der Waals surface area contributed by atoms with Gasteiger partial charge in [-0.1, -0.05) is 24.3 Å². The van der Waals surface area contributed by atoms with Gasteiger partial charge < -0.3 is 5.11 Å². The minimum atomic E-state index is -1.14. The normalized spacial score (nSPS) is 21.5. The van der Waals surface area contributed by atoms with Crippen LogP contribution in [-0.2, 0) is 21.7 Å². The Labute approximate surface area is 218 Å². The lowest BCUT2D eigenvalue weighted by Crippen LogP contribution is -2.54. The van der Waals surface area contributed by atoms with E-state index in [9.17, 15) is 24.3 Å². The topological polar surface area (TPSA) is 125 Å². The Morgan fingerprint density at radius 2 is 1.68 bits per heavy atom. The molecule has 4 heterocycles. The second-order valence-electron chi connectivity index (χ2n) is 10.1. The maximum Gasteiger partial charge on any atom is 0.262 e. The number of aliphatic hydroxyl groups is 1. The Morgan fingerprint density at radius 3 is 2.42 bits per heavy atom. The fraction of sp³-hybridized carbons (Fsp3) is 0.321. The number of nitrogens with zero attached hydrogens (tertiary/aromatic N) is 4. The third-order valence-electron chi connectivity index (χ3n) is 7.71. The monoisotopic (exact) mass is 513 g/mol. The van der Waals surface area contributed by atoms with Crippen LogP contribution in [0, 0.1) is 0 Å². The molecule has 194 valence electrons. The lowest BCUT2D eigenvalue weighted by Gasteiger charge is -2.38. The predicted molar refractivity (Wildman–Crippen MR) is 135 cm³/mol. The van der Waals surface area contributed by atoms with E-state index in [1.807, 2.05) is 47.3 Å². The van der Waals surface area contributed by atoms with Crippen LogP contribution in [0.1, 0.15) is 57.7 Å². The number of para-hydroxylation sites is 1. The van der Waals surface area contributed by atoms with E-state index >= 15 is 0 Å². The largest absolute Gasteiger partial charge is 0.385 e. The molecule has 4 amide bonds. The van der Waals surface area contributed by atoms with Crippen molar-refractivity contribution in [2.24, 2.45) is 0 Å². The molecule has 1 unspecified atom stereocenters. The summed E-state index contributed by atoms with van der Waals surface area (Å²) in [7, 11) is 0. The van der Waals surface area contributed by atoms with Crippen LogP contribution in [0.2, 0.25) is 0 Å². The SMILES string of the molecule is O=C1CCC(N2C(=O)c3ccc(C4(O)CCN(Cc5ccn(-c6ccccc6)n5)CC4)cc3C2=O)C(=O)N1. The van der Waals surface area contributed by atoms with Gasteiger partial charge in [0.15, 0.2) is 0 Å². The Balaban J connectivity index is 1.13. The number of nitrogens with one attached hydrogen (secondary N) is 1. The number of rotatable bonds is 5. The number of carbonyl (C=O) groups is 4. The molecule has 3 aliphatic heterocycles. The molecule has 38 heavy (non-hydrogen) atoms. The van der Waals surface area contributed by atoms with E-state index in [4.69, 9.17) is 0 Å². The van der Waals surface area contributed by atoms with Crippen LogP contribution in [-0.4, -0.2) is 67.4 Å². The molecule has 2 aromatic carbocycles. The molecule has 2 fully saturated rings. The van der Waals surface area contributed by atoms with Crippen molar-refractivity contribution in [1.29, 1.82) is 0 Å². The van der Waals surface area contributed by atoms with E-state index in [-0.39, 0.29) is 24.0 Å². The Morgan fingerprint density at radius 1 is 0.947 bits per heavy atom. The average Bonchev–Trinajstić information content (AvgIpc) is 3.49. The average molecular weight is 514 g/mol. The van der Waals surface area contributed by atoms with E-state index in [1.165, 1.54) is 0 Å².